The van der Waals surface area contributed by atoms with Gasteiger partial charge in [0.1, 0.15) is 17.1 Å². The molecular formula is C16H20N4. The number of azo groups is 1. The van der Waals surface area contributed by atoms with Crippen molar-refractivity contribution >= 4 is 5.84 Å². The van der Waals surface area contributed by atoms with Gasteiger partial charge in [-0.25, -0.2) is 0 Å². The molecule has 104 valence electrons. The van der Waals surface area contributed by atoms with Crippen LogP contribution in [0.3, 0.4) is 0 Å². The summed E-state index contributed by atoms with van der Waals surface area (Å²) in [7, 11) is 0. The third-order valence-corrected chi connectivity index (χ3v) is 3.79. The lowest BCUT2D eigenvalue weighted by molar-refractivity contribution is 0.557. The first-order valence-electron chi connectivity index (χ1n) is 7.19. The van der Waals surface area contributed by atoms with Gasteiger partial charge in [0.2, 0.25) is 0 Å². The number of amidine groups is 1. The number of allylic oxidation sites excluding steroid dienone is 5. The number of hydrogen-bond donors (Lipinski definition) is 1. The van der Waals surface area contributed by atoms with Gasteiger partial charge in [-0.15, -0.1) is 0 Å². The first-order chi connectivity index (χ1) is 9.59. The van der Waals surface area contributed by atoms with Crippen molar-refractivity contribution in [3.8, 4) is 0 Å². The molecule has 0 radical (unpaired) electrons. The van der Waals surface area contributed by atoms with Crippen molar-refractivity contribution in [1.29, 1.82) is 5.41 Å². The van der Waals surface area contributed by atoms with Crippen molar-refractivity contribution in [2.75, 3.05) is 0 Å². The maximum absolute atomic E-state index is 8.58. The van der Waals surface area contributed by atoms with E-state index in [1.54, 1.807) is 0 Å². The Hall–Kier alpha value is -1.97. The Kier molecular flexibility index (Phi) is 3.16. The molecule has 1 heterocycles. The second-order valence-corrected chi connectivity index (χ2v) is 5.81. The molecule has 0 atom stereocenters. The highest BCUT2D eigenvalue weighted by atomic mass is 15.3. The average molecular weight is 268 g/mol. The second-order valence-electron chi connectivity index (χ2n) is 5.81. The molecule has 4 nitrogen and oxygen atoms in total. The molecule has 0 fully saturated rings. The fraction of sp³-hybridized carbons (Fsp3) is 0.438. The zero-order valence-corrected chi connectivity index (χ0v) is 12.1. The van der Waals surface area contributed by atoms with E-state index in [4.69, 9.17) is 5.41 Å². The van der Waals surface area contributed by atoms with Gasteiger partial charge in [-0.05, 0) is 45.6 Å². The van der Waals surface area contributed by atoms with Crippen LogP contribution in [0.25, 0.3) is 0 Å². The van der Waals surface area contributed by atoms with Gasteiger partial charge >= 0.3 is 0 Å². The summed E-state index contributed by atoms with van der Waals surface area (Å²) < 4.78 is 0. The predicted octanol–water partition coefficient (Wildman–Crippen LogP) is 4.31. The van der Waals surface area contributed by atoms with Crippen molar-refractivity contribution < 1.29 is 0 Å². The molecular weight excluding hydrogens is 248 g/mol. The predicted molar refractivity (Wildman–Crippen MR) is 80.4 cm³/mol. The Morgan fingerprint density at radius 3 is 2.60 bits per heavy atom. The lowest BCUT2D eigenvalue weighted by atomic mass is 10.00. The zero-order valence-electron chi connectivity index (χ0n) is 12.1. The summed E-state index contributed by atoms with van der Waals surface area (Å²) >= 11 is 0. The molecule has 1 N–H and O–H groups in total. The van der Waals surface area contributed by atoms with Crippen molar-refractivity contribution in [2.24, 2.45) is 10.2 Å². The quantitative estimate of drug-likeness (QED) is 0.757. The minimum atomic E-state index is -0.606. The van der Waals surface area contributed by atoms with Crippen LogP contribution in [0.4, 0.5) is 0 Å². The first-order valence-corrected chi connectivity index (χ1v) is 7.19. The molecule has 0 bridgehead atoms. The van der Waals surface area contributed by atoms with Crippen LogP contribution in [0.15, 0.2) is 57.7 Å². The van der Waals surface area contributed by atoms with Crippen LogP contribution < -0.4 is 0 Å². The highest BCUT2D eigenvalue weighted by Gasteiger charge is 2.35. The van der Waals surface area contributed by atoms with E-state index in [0.29, 0.717) is 5.84 Å². The first kappa shape index (κ1) is 13.0. The van der Waals surface area contributed by atoms with Gasteiger partial charge in [0, 0.05) is 5.70 Å². The van der Waals surface area contributed by atoms with Gasteiger partial charge in [0.15, 0.2) is 0 Å². The number of nitrogens with one attached hydrogen (secondary N) is 1. The molecule has 0 aromatic heterocycles. The third-order valence-electron chi connectivity index (χ3n) is 3.79. The topological polar surface area (TPSA) is 51.8 Å². The van der Waals surface area contributed by atoms with Gasteiger partial charge in [0.25, 0.3) is 0 Å². The lowest BCUT2D eigenvalue weighted by Gasteiger charge is -2.33. The summed E-state index contributed by atoms with van der Waals surface area (Å²) in [5.41, 5.74) is 2.37. The molecule has 4 heteroatoms. The Morgan fingerprint density at radius 1 is 1.10 bits per heavy atom. The maximum atomic E-state index is 8.58. The molecule has 1 aliphatic heterocycles. The molecule has 0 aromatic carbocycles. The van der Waals surface area contributed by atoms with E-state index < -0.39 is 5.54 Å². The molecule has 0 saturated carbocycles. The largest absolute Gasteiger partial charge is 0.295 e. The Morgan fingerprint density at radius 2 is 1.85 bits per heavy atom. The van der Waals surface area contributed by atoms with E-state index >= 15 is 0 Å². The standard InChI is InChI=1S/C16H20N4/c1-16(2)15(17)20(12-8-4-3-5-9-12)14-11-7-6-10-13(14)18-19-16/h4,8-11,17H,3,5-7H2,1-2H3. The van der Waals surface area contributed by atoms with Gasteiger partial charge < -0.3 is 0 Å². The lowest BCUT2D eigenvalue weighted by Crippen LogP contribution is -2.41. The number of nitrogens with zero attached hydrogens (tertiary/aromatic N) is 3. The van der Waals surface area contributed by atoms with Gasteiger partial charge in [0.05, 0.1) is 5.70 Å². The van der Waals surface area contributed by atoms with Crippen LogP contribution in [0.1, 0.15) is 39.5 Å². The summed E-state index contributed by atoms with van der Waals surface area (Å²) in [4.78, 5) is 2.01. The fourth-order valence-electron chi connectivity index (χ4n) is 2.60. The van der Waals surface area contributed by atoms with Crippen LogP contribution >= 0.6 is 0 Å². The normalized spacial score (nSPS) is 24.6. The van der Waals surface area contributed by atoms with Gasteiger partial charge in [-0.1, -0.05) is 24.3 Å². The molecule has 0 amide bonds. The van der Waals surface area contributed by atoms with E-state index in [1.165, 1.54) is 0 Å². The Bertz CT molecular complexity index is 588. The SMILES string of the molecule is CC1(C)N=NC2=CCCC=C2N(C2=CCCC=C2)C1=N. The second kappa shape index (κ2) is 4.85. The molecule has 3 aliphatic rings. The van der Waals surface area contributed by atoms with Gasteiger partial charge in [-0.2, -0.15) is 10.2 Å². The van der Waals surface area contributed by atoms with E-state index in [0.717, 1.165) is 42.8 Å². The van der Waals surface area contributed by atoms with Crippen molar-refractivity contribution in [3.63, 3.8) is 0 Å². The Labute approximate surface area is 119 Å². The smallest absolute Gasteiger partial charge is 0.135 e. The van der Waals surface area contributed by atoms with Crippen LogP contribution in [-0.4, -0.2) is 16.3 Å². The van der Waals surface area contributed by atoms with E-state index in [1.807, 2.05) is 18.7 Å². The number of rotatable bonds is 1. The molecule has 0 aromatic rings. The van der Waals surface area contributed by atoms with Crippen LogP contribution in [0.5, 0.6) is 0 Å². The molecule has 0 saturated heterocycles. The molecule has 0 unspecified atom stereocenters. The molecule has 0 spiro atoms. The van der Waals surface area contributed by atoms with E-state index in [-0.39, 0.29) is 0 Å². The summed E-state index contributed by atoms with van der Waals surface area (Å²) in [6, 6.07) is 0. The molecule has 20 heavy (non-hydrogen) atoms. The fourth-order valence-corrected chi connectivity index (χ4v) is 2.60. The van der Waals surface area contributed by atoms with Crippen molar-refractivity contribution in [3.05, 3.63) is 47.5 Å². The summed E-state index contributed by atoms with van der Waals surface area (Å²) in [5, 5.41) is 17.3. The van der Waals surface area contributed by atoms with Crippen LogP contribution in [-0.2, 0) is 0 Å². The zero-order chi connectivity index (χ0) is 14.2. The van der Waals surface area contributed by atoms with E-state index in [2.05, 4.69) is 40.6 Å². The number of hydrogen-bond acceptors (Lipinski definition) is 3. The average Bonchev–Trinajstić information content (AvgIpc) is 2.56. The third kappa shape index (κ3) is 2.15. The summed E-state index contributed by atoms with van der Waals surface area (Å²) in [6.45, 7) is 3.88. The van der Waals surface area contributed by atoms with Crippen LogP contribution in [0.2, 0.25) is 0 Å². The Balaban J connectivity index is 2.11. The van der Waals surface area contributed by atoms with Crippen LogP contribution in [0, 0.1) is 5.41 Å². The highest BCUT2D eigenvalue weighted by molar-refractivity contribution is 5.92. The minimum Gasteiger partial charge on any atom is -0.295 e. The molecule has 3 rings (SSSR count). The van der Waals surface area contributed by atoms with E-state index in [9.17, 15) is 0 Å². The number of fused-ring (bicyclic) bond motifs is 1. The highest BCUT2D eigenvalue weighted by Crippen LogP contribution is 2.35. The summed E-state index contributed by atoms with van der Waals surface area (Å²) in [5.74, 6) is 0.482. The van der Waals surface area contributed by atoms with Gasteiger partial charge in [-0.3, -0.25) is 10.3 Å². The molecule has 2 aliphatic carbocycles. The summed E-state index contributed by atoms with van der Waals surface area (Å²) in [6.07, 6.45) is 14.9. The van der Waals surface area contributed by atoms with Crippen molar-refractivity contribution in [1.82, 2.24) is 4.90 Å². The minimum absolute atomic E-state index is 0.482. The maximum Gasteiger partial charge on any atom is 0.135 e. The monoisotopic (exact) mass is 268 g/mol. The van der Waals surface area contributed by atoms with Crippen molar-refractivity contribution in [2.45, 2.75) is 45.1 Å².